The molecule has 2 rings (SSSR count). The van der Waals surface area contributed by atoms with Gasteiger partial charge in [0.05, 0.1) is 19.8 Å². The number of aryl methyl sites for hydroxylation is 1. The van der Waals surface area contributed by atoms with Crippen molar-refractivity contribution in [2.75, 3.05) is 20.3 Å². The predicted molar refractivity (Wildman–Crippen MR) is 91.3 cm³/mol. The summed E-state index contributed by atoms with van der Waals surface area (Å²) in [6.07, 6.45) is 4.18. The van der Waals surface area contributed by atoms with Gasteiger partial charge in [-0.3, -0.25) is 9.59 Å². The average Bonchev–Trinajstić information content (AvgIpc) is 2.91. The van der Waals surface area contributed by atoms with Crippen LogP contribution in [0.3, 0.4) is 0 Å². The van der Waals surface area contributed by atoms with Crippen molar-refractivity contribution in [1.29, 1.82) is 0 Å². The van der Waals surface area contributed by atoms with E-state index < -0.39 is 0 Å². The van der Waals surface area contributed by atoms with Gasteiger partial charge in [-0.2, -0.15) is 0 Å². The van der Waals surface area contributed by atoms with Crippen molar-refractivity contribution < 1.29 is 19.4 Å². The van der Waals surface area contributed by atoms with Gasteiger partial charge in [-0.05, 0) is 37.7 Å². The maximum absolute atomic E-state index is 12.6. The lowest BCUT2D eigenvalue weighted by Crippen LogP contribution is -2.37. The Kier molecular flexibility index (Phi) is 7.25. The number of aliphatic hydroxyl groups excluding tert-OH is 1. The molecule has 24 heavy (non-hydrogen) atoms. The number of amides is 1. The second-order valence-corrected chi connectivity index (χ2v) is 6.36. The first-order valence-corrected chi connectivity index (χ1v) is 8.67. The third-order valence-corrected chi connectivity index (χ3v) is 4.71. The molecule has 0 radical (unpaired) electrons. The summed E-state index contributed by atoms with van der Waals surface area (Å²) in [7, 11) is 1.37. The first-order valence-electron chi connectivity index (χ1n) is 8.67. The van der Waals surface area contributed by atoms with E-state index in [4.69, 9.17) is 0 Å². The van der Waals surface area contributed by atoms with Gasteiger partial charge in [0.1, 0.15) is 0 Å². The number of hydrogen-bond donors (Lipinski definition) is 1. The van der Waals surface area contributed by atoms with Gasteiger partial charge in [0.2, 0.25) is 5.91 Å². The molecule has 0 aromatic heterocycles. The molecule has 1 aromatic carbocycles. The monoisotopic (exact) mass is 333 g/mol. The van der Waals surface area contributed by atoms with Crippen LogP contribution in [0.5, 0.6) is 0 Å². The van der Waals surface area contributed by atoms with Gasteiger partial charge in [-0.1, -0.05) is 30.3 Å². The number of benzene rings is 1. The van der Waals surface area contributed by atoms with Gasteiger partial charge >= 0.3 is 5.97 Å². The van der Waals surface area contributed by atoms with Crippen molar-refractivity contribution in [1.82, 2.24) is 4.90 Å². The van der Waals surface area contributed by atoms with Gasteiger partial charge in [0, 0.05) is 18.9 Å². The summed E-state index contributed by atoms with van der Waals surface area (Å²) in [6.45, 7) is 0.678. The minimum Gasteiger partial charge on any atom is -0.469 e. The summed E-state index contributed by atoms with van der Waals surface area (Å²) >= 11 is 0. The van der Waals surface area contributed by atoms with Crippen LogP contribution in [0.1, 0.15) is 37.7 Å². The van der Waals surface area contributed by atoms with Crippen LogP contribution in [0.15, 0.2) is 30.3 Å². The molecule has 1 aliphatic heterocycles. The van der Waals surface area contributed by atoms with E-state index in [2.05, 4.69) is 16.9 Å². The summed E-state index contributed by atoms with van der Waals surface area (Å²) in [5.41, 5.74) is 1.26. The van der Waals surface area contributed by atoms with Gasteiger partial charge in [-0.25, -0.2) is 0 Å². The number of esters is 1. The summed E-state index contributed by atoms with van der Waals surface area (Å²) < 4.78 is 4.63. The zero-order chi connectivity index (χ0) is 17.4. The highest BCUT2D eigenvalue weighted by Crippen LogP contribution is 2.29. The fourth-order valence-corrected chi connectivity index (χ4v) is 3.37. The molecule has 1 fully saturated rings. The maximum Gasteiger partial charge on any atom is 0.305 e. The Balaban J connectivity index is 1.80. The van der Waals surface area contributed by atoms with Crippen LogP contribution in [0, 0.1) is 5.92 Å². The van der Waals surface area contributed by atoms with E-state index in [1.54, 1.807) is 0 Å². The molecular formula is C19H27NO4. The number of methoxy groups -OCH3 is 1. The molecule has 1 aliphatic rings. The molecule has 0 aliphatic carbocycles. The van der Waals surface area contributed by atoms with Crippen LogP contribution in [-0.4, -0.2) is 48.2 Å². The van der Waals surface area contributed by atoms with E-state index in [0.29, 0.717) is 32.2 Å². The van der Waals surface area contributed by atoms with Crippen LogP contribution >= 0.6 is 0 Å². The number of ether oxygens (including phenoxy) is 1. The summed E-state index contributed by atoms with van der Waals surface area (Å²) in [6, 6.07) is 10.1. The number of hydrogen-bond acceptors (Lipinski definition) is 4. The lowest BCUT2D eigenvalue weighted by atomic mass is 9.98. The molecular weight excluding hydrogens is 306 g/mol. The minimum atomic E-state index is -0.237. The second kappa shape index (κ2) is 9.42. The van der Waals surface area contributed by atoms with Gasteiger partial charge in [0.15, 0.2) is 0 Å². The van der Waals surface area contributed by atoms with Crippen molar-refractivity contribution in [2.45, 2.75) is 44.6 Å². The van der Waals surface area contributed by atoms with Crippen molar-refractivity contribution >= 4 is 11.9 Å². The molecule has 1 saturated heterocycles. The molecule has 0 saturated carbocycles. The zero-order valence-corrected chi connectivity index (χ0v) is 14.3. The SMILES string of the molecule is COC(=O)CCC[C@@H]1C[C@@H](CO)N(CCCc2ccccc2)C1=O. The number of rotatable bonds is 9. The fraction of sp³-hybridized carbons (Fsp3) is 0.579. The minimum absolute atomic E-state index is 0.00454. The number of likely N-dealkylation sites (tertiary alicyclic amines) is 1. The van der Waals surface area contributed by atoms with Crippen molar-refractivity contribution in [2.24, 2.45) is 5.92 Å². The first kappa shape index (κ1) is 18.5. The number of nitrogens with zero attached hydrogens (tertiary/aromatic N) is 1. The number of carbonyl (C=O) groups is 2. The highest BCUT2D eigenvalue weighted by molar-refractivity contribution is 5.81. The van der Waals surface area contributed by atoms with Gasteiger partial charge < -0.3 is 14.7 Å². The number of aliphatic hydroxyl groups is 1. The molecule has 5 heteroatoms. The molecule has 132 valence electrons. The molecule has 0 spiro atoms. The largest absolute Gasteiger partial charge is 0.469 e. The van der Waals surface area contributed by atoms with Crippen LogP contribution in [0.4, 0.5) is 0 Å². The molecule has 1 aromatic rings. The normalized spacial score (nSPS) is 20.4. The van der Waals surface area contributed by atoms with Gasteiger partial charge in [0.25, 0.3) is 0 Å². The lowest BCUT2D eigenvalue weighted by Gasteiger charge is -2.23. The molecule has 1 heterocycles. The number of carbonyl (C=O) groups excluding carboxylic acids is 2. The topological polar surface area (TPSA) is 66.8 Å². The van der Waals surface area contributed by atoms with E-state index >= 15 is 0 Å². The Hall–Kier alpha value is -1.88. The fourth-order valence-electron chi connectivity index (χ4n) is 3.37. The average molecular weight is 333 g/mol. The summed E-state index contributed by atoms with van der Waals surface area (Å²) in [4.78, 5) is 25.6. The predicted octanol–water partition coefficient (Wildman–Crippen LogP) is 2.17. The molecule has 0 unspecified atom stereocenters. The van der Waals surface area contributed by atoms with E-state index in [-0.39, 0.29) is 30.4 Å². The van der Waals surface area contributed by atoms with E-state index in [1.165, 1.54) is 12.7 Å². The quantitative estimate of drug-likeness (QED) is 0.703. The Bertz CT molecular complexity index is 531. The smallest absolute Gasteiger partial charge is 0.305 e. The Morgan fingerprint density at radius 3 is 2.71 bits per heavy atom. The first-order chi connectivity index (χ1) is 11.7. The molecule has 1 N–H and O–H groups in total. The van der Waals surface area contributed by atoms with Crippen LogP contribution < -0.4 is 0 Å². The zero-order valence-electron chi connectivity index (χ0n) is 14.3. The van der Waals surface area contributed by atoms with Crippen molar-refractivity contribution in [3.63, 3.8) is 0 Å². The lowest BCUT2D eigenvalue weighted by molar-refractivity contribution is -0.141. The van der Waals surface area contributed by atoms with E-state index in [9.17, 15) is 14.7 Å². The third kappa shape index (κ3) is 5.06. The molecule has 1 amide bonds. The Labute approximate surface area is 143 Å². The van der Waals surface area contributed by atoms with Crippen molar-refractivity contribution in [3.8, 4) is 0 Å². The standard InChI is InChI=1S/C19H27NO4/c1-24-18(22)11-5-10-16-13-17(14-21)20(19(16)23)12-6-9-15-7-3-2-4-8-15/h2-4,7-8,16-17,21H,5-6,9-14H2,1H3/t16-,17+/m1/s1. The van der Waals surface area contributed by atoms with Crippen molar-refractivity contribution in [3.05, 3.63) is 35.9 Å². The summed E-state index contributed by atoms with van der Waals surface area (Å²) in [5.74, 6) is -0.200. The van der Waals surface area contributed by atoms with Gasteiger partial charge in [-0.15, -0.1) is 0 Å². The Morgan fingerprint density at radius 2 is 2.04 bits per heavy atom. The molecule has 5 nitrogen and oxygen atoms in total. The van der Waals surface area contributed by atoms with E-state index in [0.717, 1.165) is 12.8 Å². The second-order valence-electron chi connectivity index (χ2n) is 6.36. The third-order valence-electron chi connectivity index (χ3n) is 4.71. The van der Waals surface area contributed by atoms with E-state index in [1.807, 2.05) is 23.1 Å². The highest BCUT2D eigenvalue weighted by atomic mass is 16.5. The maximum atomic E-state index is 12.6. The van der Waals surface area contributed by atoms with Crippen LogP contribution in [0.2, 0.25) is 0 Å². The molecule has 0 bridgehead atoms. The Morgan fingerprint density at radius 1 is 1.29 bits per heavy atom. The van der Waals surface area contributed by atoms with Crippen LogP contribution in [0.25, 0.3) is 0 Å². The summed E-state index contributed by atoms with van der Waals surface area (Å²) in [5, 5.41) is 9.57. The molecule has 2 atom stereocenters. The highest BCUT2D eigenvalue weighted by Gasteiger charge is 2.38. The van der Waals surface area contributed by atoms with Crippen LogP contribution in [-0.2, 0) is 20.7 Å².